The summed E-state index contributed by atoms with van der Waals surface area (Å²) in [5.41, 5.74) is 3.88. The van der Waals surface area contributed by atoms with Crippen LogP contribution >= 0.6 is 0 Å². The second kappa shape index (κ2) is 8.69. The van der Waals surface area contributed by atoms with E-state index in [9.17, 15) is 9.59 Å². The average Bonchev–Trinajstić information content (AvgIpc) is 2.99. The van der Waals surface area contributed by atoms with E-state index >= 15 is 0 Å². The topological polar surface area (TPSA) is 76.0 Å². The number of carbonyl (C=O) groups excluding carboxylic acids is 2. The minimum Gasteiger partial charge on any atom is -0.349 e. The van der Waals surface area contributed by atoms with Crippen LogP contribution in [-0.4, -0.2) is 21.4 Å². The summed E-state index contributed by atoms with van der Waals surface area (Å²) < 4.78 is 2.02. The Morgan fingerprint density at radius 3 is 2.50 bits per heavy atom. The molecular weight excluding hydrogens is 352 g/mol. The van der Waals surface area contributed by atoms with Crippen molar-refractivity contribution in [2.45, 2.75) is 46.2 Å². The molecule has 2 aromatic carbocycles. The van der Waals surface area contributed by atoms with Crippen LogP contribution in [-0.2, 0) is 16.1 Å². The molecule has 2 N–H and O–H groups in total. The van der Waals surface area contributed by atoms with Crippen LogP contribution in [0.5, 0.6) is 0 Å². The molecule has 3 rings (SSSR count). The standard InChI is InChI=1S/C22H26N4O2/c1-4-13-26-20-8-6-5-7-18(20)24-22(26)25-21(28)14-19(23-16(3)27)17-11-9-15(2)10-12-17/h5-12,19H,4,13-14H2,1-3H3,(H,23,27)(H,24,25,28). The van der Waals surface area contributed by atoms with Gasteiger partial charge in [0.2, 0.25) is 17.8 Å². The number of anilines is 1. The fraction of sp³-hybridized carbons (Fsp3) is 0.318. The first kappa shape index (κ1) is 19.6. The van der Waals surface area contributed by atoms with Crippen LogP contribution in [0.25, 0.3) is 11.0 Å². The zero-order valence-electron chi connectivity index (χ0n) is 16.5. The van der Waals surface area contributed by atoms with Gasteiger partial charge in [-0.05, 0) is 31.0 Å². The third-order valence-electron chi connectivity index (χ3n) is 4.60. The van der Waals surface area contributed by atoms with Crippen LogP contribution in [0.15, 0.2) is 48.5 Å². The van der Waals surface area contributed by atoms with Gasteiger partial charge in [-0.3, -0.25) is 14.9 Å². The molecule has 0 radical (unpaired) electrons. The minimum atomic E-state index is -0.387. The molecule has 1 heterocycles. The lowest BCUT2D eigenvalue weighted by molar-refractivity contribution is -0.120. The minimum absolute atomic E-state index is 0.137. The predicted molar refractivity (Wildman–Crippen MR) is 111 cm³/mol. The lowest BCUT2D eigenvalue weighted by Crippen LogP contribution is -2.30. The predicted octanol–water partition coefficient (Wildman–Crippen LogP) is 3.96. The highest BCUT2D eigenvalue weighted by Crippen LogP contribution is 2.22. The Balaban J connectivity index is 1.81. The van der Waals surface area contributed by atoms with E-state index in [0.29, 0.717) is 5.95 Å². The highest BCUT2D eigenvalue weighted by atomic mass is 16.2. The molecule has 1 unspecified atom stereocenters. The summed E-state index contributed by atoms with van der Waals surface area (Å²) in [5, 5.41) is 5.80. The Morgan fingerprint density at radius 2 is 1.82 bits per heavy atom. The summed E-state index contributed by atoms with van der Waals surface area (Å²) >= 11 is 0. The zero-order chi connectivity index (χ0) is 20.1. The number of hydrogen-bond acceptors (Lipinski definition) is 3. The van der Waals surface area contributed by atoms with E-state index in [4.69, 9.17) is 0 Å². The van der Waals surface area contributed by atoms with Gasteiger partial charge < -0.3 is 9.88 Å². The molecule has 146 valence electrons. The van der Waals surface area contributed by atoms with Crippen molar-refractivity contribution in [1.82, 2.24) is 14.9 Å². The first-order chi connectivity index (χ1) is 13.5. The maximum Gasteiger partial charge on any atom is 0.229 e. The van der Waals surface area contributed by atoms with E-state index in [1.165, 1.54) is 6.92 Å². The number of aromatic nitrogens is 2. The number of nitrogens with one attached hydrogen (secondary N) is 2. The number of fused-ring (bicyclic) bond motifs is 1. The molecule has 1 atom stereocenters. The lowest BCUT2D eigenvalue weighted by atomic mass is 10.0. The fourth-order valence-corrected chi connectivity index (χ4v) is 3.28. The quantitative estimate of drug-likeness (QED) is 0.653. The molecule has 0 aliphatic carbocycles. The normalized spacial score (nSPS) is 12.0. The third-order valence-corrected chi connectivity index (χ3v) is 4.60. The Bertz CT molecular complexity index is 976. The van der Waals surface area contributed by atoms with Gasteiger partial charge >= 0.3 is 0 Å². The molecule has 3 aromatic rings. The SMILES string of the molecule is CCCn1c(NC(=O)CC(NC(C)=O)c2ccc(C)cc2)nc2ccccc21. The number of benzene rings is 2. The molecule has 2 amide bonds. The molecule has 0 aliphatic heterocycles. The van der Waals surface area contributed by atoms with E-state index in [0.717, 1.165) is 35.1 Å². The number of nitrogens with zero attached hydrogens (tertiary/aromatic N) is 2. The van der Waals surface area contributed by atoms with Crippen molar-refractivity contribution in [1.29, 1.82) is 0 Å². The molecule has 0 saturated heterocycles. The first-order valence-corrected chi connectivity index (χ1v) is 9.56. The lowest BCUT2D eigenvalue weighted by Gasteiger charge is -2.18. The number of amides is 2. The van der Waals surface area contributed by atoms with Crippen LogP contribution in [0, 0.1) is 6.92 Å². The molecule has 0 bridgehead atoms. The van der Waals surface area contributed by atoms with Crippen molar-refractivity contribution in [2.75, 3.05) is 5.32 Å². The van der Waals surface area contributed by atoms with Crippen LogP contribution in [0.2, 0.25) is 0 Å². The highest BCUT2D eigenvalue weighted by molar-refractivity contribution is 5.92. The zero-order valence-corrected chi connectivity index (χ0v) is 16.5. The van der Waals surface area contributed by atoms with Crippen LogP contribution in [0.3, 0.4) is 0 Å². The van der Waals surface area contributed by atoms with Gasteiger partial charge in [0.25, 0.3) is 0 Å². The summed E-state index contributed by atoms with van der Waals surface area (Å²) in [7, 11) is 0. The van der Waals surface area contributed by atoms with Gasteiger partial charge in [-0.25, -0.2) is 4.98 Å². The van der Waals surface area contributed by atoms with Gasteiger partial charge in [0.05, 0.1) is 23.5 Å². The van der Waals surface area contributed by atoms with Crippen molar-refractivity contribution < 1.29 is 9.59 Å². The van der Waals surface area contributed by atoms with Crippen LogP contribution in [0.4, 0.5) is 5.95 Å². The van der Waals surface area contributed by atoms with E-state index in [2.05, 4.69) is 22.5 Å². The average molecular weight is 378 g/mol. The summed E-state index contributed by atoms with van der Waals surface area (Å²) in [6.07, 6.45) is 1.07. The fourth-order valence-electron chi connectivity index (χ4n) is 3.28. The van der Waals surface area contributed by atoms with Gasteiger partial charge in [-0.1, -0.05) is 48.9 Å². The molecule has 0 spiro atoms. The van der Waals surface area contributed by atoms with E-state index < -0.39 is 0 Å². The first-order valence-electron chi connectivity index (χ1n) is 9.56. The van der Waals surface area contributed by atoms with Gasteiger partial charge in [0, 0.05) is 13.5 Å². The summed E-state index contributed by atoms with van der Waals surface area (Å²) in [5.74, 6) is 0.183. The molecule has 6 heteroatoms. The van der Waals surface area contributed by atoms with Crippen LogP contribution < -0.4 is 10.6 Å². The third kappa shape index (κ3) is 4.57. The molecule has 6 nitrogen and oxygen atoms in total. The molecule has 0 aliphatic rings. The summed E-state index contributed by atoms with van der Waals surface area (Å²) in [6.45, 7) is 6.32. The van der Waals surface area contributed by atoms with E-state index in [-0.39, 0.29) is 24.3 Å². The van der Waals surface area contributed by atoms with E-state index in [1.54, 1.807) is 0 Å². The maximum absolute atomic E-state index is 12.8. The molecule has 1 aromatic heterocycles. The van der Waals surface area contributed by atoms with Crippen LogP contribution in [0.1, 0.15) is 43.9 Å². The Labute approximate surface area is 165 Å². The van der Waals surface area contributed by atoms with Crippen molar-refractivity contribution >= 4 is 28.8 Å². The largest absolute Gasteiger partial charge is 0.349 e. The van der Waals surface area contributed by atoms with E-state index in [1.807, 2.05) is 60.0 Å². The van der Waals surface area contributed by atoms with Crippen molar-refractivity contribution in [3.63, 3.8) is 0 Å². The molecule has 0 fully saturated rings. The number of rotatable bonds is 7. The number of imidazole rings is 1. The number of para-hydroxylation sites is 2. The second-order valence-electron chi connectivity index (χ2n) is 6.99. The maximum atomic E-state index is 12.8. The number of aryl methyl sites for hydroxylation is 2. The molecule has 28 heavy (non-hydrogen) atoms. The number of hydrogen-bond donors (Lipinski definition) is 2. The van der Waals surface area contributed by atoms with Gasteiger partial charge in [0.15, 0.2) is 0 Å². The van der Waals surface area contributed by atoms with Crippen molar-refractivity contribution in [3.8, 4) is 0 Å². The monoisotopic (exact) mass is 378 g/mol. The highest BCUT2D eigenvalue weighted by Gasteiger charge is 2.19. The molecular formula is C22H26N4O2. The summed E-state index contributed by atoms with van der Waals surface area (Å²) in [6, 6.07) is 15.3. The van der Waals surface area contributed by atoms with Gasteiger partial charge in [-0.2, -0.15) is 0 Å². The van der Waals surface area contributed by atoms with Crippen molar-refractivity contribution in [3.05, 3.63) is 59.7 Å². The van der Waals surface area contributed by atoms with Gasteiger partial charge in [0.1, 0.15) is 0 Å². The smallest absolute Gasteiger partial charge is 0.229 e. The Morgan fingerprint density at radius 1 is 1.11 bits per heavy atom. The summed E-state index contributed by atoms with van der Waals surface area (Å²) in [4.78, 5) is 29.0. The Hall–Kier alpha value is -3.15. The molecule has 0 saturated carbocycles. The Kier molecular flexibility index (Phi) is 6.09. The number of carbonyl (C=O) groups is 2. The van der Waals surface area contributed by atoms with Crippen molar-refractivity contribution in [2.24, 2.45) is 0 Å². The van der Waals surface area contributed by atoms with Gasteiger partial charge in [-0.15, -0.1) is 0 Å². The second-order valence-corrected chi connectivity index (χ2v) is 6.99.